The van der Waals surface area contributed by atoms with E-state index in [0.717, 1.165) is 6.42 Å². The molecule has 0 amide bonds. The molecule has 0 saturated carbocycles. The quantitative estimate of drug-likeness (QED) is 0.809. The Morgan fingerprint density at radius 2 is 1.36 bits per heavy atom. The SMILES string of the molecule is CC(C)(C)N[C@H]1C=CC(c2ccccc2)(c2ccccc2)C1. The number of allylic oxidation sites excluding steroid dienone is 1. The van der Waals surface area contributed by atoms with Crippen LogP contribution in [0.2, 0.25) is 0 Å². The minimum Gasteiger partial charge on any atom is -0.306 e. The molecule has 1 N–H and O–H groups in total. The van der Waals surface area contributed by atoms with Crippen LogP contribution >= 0.6 is 0 Å². The molecular weight excluding hydrogens is 266 g/mol. The standard InChI is InChI=1S/C21H25N/c1-20(2,3)22-19-14-15-21(16-19,17-10-6-4-7-11-17)18-12-8-5-9-13-18/h4-15,19,22H,16H2,1-3H3/t19-/m0/s1. The summed E-state index contributed by atoms with van der Waals surface area (Å²) in [5.41, 5.74) is 2.84. The average Bonchev–Trinajstić information content (AvgIpc) is 2.92. The van der Waals surface area contributed by atoms with Gasteiger partial charge in [-0.2, -0.15) is 0 Å². The molecule has 2 aromatic rings. The molecule has 0 spiro atoms. The van der Waals surface area contributed by atoms with Gasteiger partial charge in [-0.15, -0.1) is 0 Å². The molecule has 114 valence electrons. The van der Waals surface area contributed by atoms with Crippen LogP contribution in [0.15, 0.2) is 72.8 Å². The zero-order valence-corrected chi connectivity index (χ0v) is 13.7. The van der Waals surface area contributed by atoms with Crippen molar-refractivity contribution < 1.29 is 0 Å². The van der Waals surface area contributed by atoms with Crippen LogP contribution in [0.4, 0.5) is 0 Å². The number of hydrogen-bond donors (Lipinski definition) is 1. The summed E-state index contributed by atoms with van der Waals surface area (Å²) in [5.74, 6) is 0. The summed E-state index contributed by atoms with van der Waals surface area (Å²) in [6.45, 7) is 6.68. The Labute approximate surface area is 134 Å². The van der Waals surface area contributed by atoms with Gasteiger partial charge in [-0.1, -0.05) is 72.8 Å². The highest BCUT2D eigenvalue weighted by Gasteiger charge is 2.38. The number of benzene rings is 2. The molecule has 1 heteroatoms. The van der Waals surface area contributed by atoms with E-state index in [0.29, 0.717) is 6.04 Å². The monoisotopic (exact) mass is 291 g/mol. The largest absolute Gasteiger partial charge is 0.306 e. The first-order chi connectivity index (χ1) is 10.5. The second-order valence-corrected chi connectivity index (χ2v) is 7.27. The minimum atomic E-state index is -0.0224. The molecule has 0 fully saturated rings. The fraction of sp³-hybridized carbons (Fsp3) is 0.333. The van der Waals surface area contributed by atoms with Gasteiger partial charge in [0.25, 0.3) is 0 Å². The van der Waals surface area contributed by atoms with Crippen LogP contribution in [-0.2, 0) is 5.41 Å². The van der Waals surface area contributed by atoms with Gasteiger partial charge in [0.05, 0.1) is 0 Å². The molecule has 1 nitrogen and oxygen atoms in total. The maximum Gasteiger partial charge on any atom is 0.0400 e. The maximum atomic E-state index is 3.73. The lowest BCUT2D eigenvalue weighted by Gasteiger charge is -2.32. The van der Waals surface area contributed by atoms with Gasteiger partial charge in [-0.05, 0) is 38.3 Å². The van der Waals surface area contributed by atoms with Crippen LogP contribution in [0, 0.1) is 0 Å². The van der Waals surface area contributed by atoms with Gasteiger partial charge in [0.2, 0.25) is 0 Å². The van der Waals surface area contributed by atoms with Crippen molar-refractivity contribution in [1.82, 2.24) is 5.32 Å². The highest BCUT2D eigenvalue weighted by molar-refractivity contribution is 5.47. The lowest BCUT2D eigenvalue weighted by atomic mass is 9.73. The van der Waals surface area contributed by atoms with Crippen molar-refractivity contribution in [3.05, 3.63) is 83.9 Å². The first-order valence-electron chi connectivity index (χ1n) is 8.08. The minimum absolute atomic E-state index is 0.0224. The van der Waals surface area contributed by atoms with Crippen molar-refractivity contribution in [2.24, 2.45) is 0 Å². The van der Waals surface area contributed by atoms with E-state index in [1.165, 1.54) is 11.1 Å². The van der Waals surface area contributed by atoms with E-state index in [9.17, 15) is 0 Å². The molecule has 0 bridgehead atoms. The molecule has 2 aromatic carbocycles. The second-order valence-electron chi connectivity index (χ2n) is 7.27. The van der Waals surface area contributed by atoms with Crippen LogP contribution in [-0.4, -0.2) is 11.6 Å². The molecule has 22 heavy (non-hydrogen) atoms. The van der Waals surface area contributed by atoms with Gasteiger partial charge >= 0.3 is 0 Å². The van der Waals surface area contributed by atoms with Crippen LogP contribution in [0.3, 0.4) is 0 Å². The summed E-state index contributed by atoms with van der Waals surface area (Å²) in [4.78, 5) is 0. The van der Waals surface area contributed by atoms with Crippen molar-refractivity contribution in [3.8, 4) is 0 Å². The normalized spacial score (nSPS) is 20.2. The van der Waals surface area contributed by atoms with E-state index in [4.69, 9.17) is 0 Å². The van der Waals surface area contributed by atoms with Gasteiger partial charge in [0.1, 0.15) is 0 Å². The number of rotatable bonds is 3. The first kappa shape index (κ1) is 15.1. The molecule has 0 radical (unpaired) electrons. The molecule has 0 saturated heterocycles. The topological polar surface area (TPSA) is 12.0 Å². The fourth-order valence-corrected chi connectivity index (χ4v) is 3.48. The first-order valence-corrected chi connectivity index (χ1v) is 8.08. The van der Waals surface area contributed by atoms with Crippen LogP contribution in [0.1, 0.15) is 38.3 Å². The summed E-state index contributed by atoms with van der Waals surface area (Å²) in [6.07, 6.45) is 5.80. The summed E-state index contributed by atoms with van der Waals surface area (Å²) in [5, 5.41) is 3.73. The molecule has 0 unspecified atom stereocenters. The van der Waals surface area contributed by atoms with Crippen LogP contribution in [0.5, 0.6) is 0 Å². The molecule has 3 rings (SSSR count). The van der Waals surface area contributed by atoms with Gasteiger partial charge in [-0.25, -0.2) is 0 Å². The fourth-order valence-electron chi connectivity index (χ4n) is 3.48. The number of nitrogens with one attached hydrogen (secondary N) is 1. The maximum absolute atomic E-state index is 3.73. The van der Waals surface area contributed by atoms with E-state index < -0.39 is 0 Å². The van der Waals surface area contributed by atoms with E-state index in [2.05, 4.69) is 98.9 Å². The number of hydrogen-bond acceptors (Lipinski definition) is 1. The van der Waals surface area contributed by atoms with Crippen molar-refractivity contribution >= 4 is 0 Å². The van der Waals surface area contributed by atoms with Crippen molar-refractivity contribution in [2.45, 2.75) is 44.2 Å². The Hall–Kier alpha value is -1.86. The zero-order valence-electron chi connectivity index (χ0n) is 13.7. The third-order valence-electron chi connectivity index (χ3n) is 4.35. The van der Waals surface area contributed by atoms with Crippen molar-refractivity contribution in [2.75, 3.05) is 0 Å². The Balaban J connectivity index is 1.99. The highest BCUT2D eigenvalue weighted by atomic mass is 15.0. The Morgan fingerprint density at radius 1 is 0.864 bits per heavy atom. The summed E-state index contributed by atoms with van der Waals surface area (Å²) in [7, 11) is 0. The van der Waals surface area contributed by atoms with Crippen molar-refractivity contribution in [1.29, 1.82) is 0 Å². The smallest absolute Gasteiger partial charge is 0.0400 e. The summed E-state index contributed by atoms with van der Waals surface area (Å²) < 4.78 is 0. The van der Waals surface area contributed by atoms with Gasteiger partial charge in [0, 0.05) is 17.0 Å². The second kappa shape index (κ2) is 5.73. The third-order valence-corrected chi connectivity index (χ3v) is 4.35. The third kappa shape index (κ3) is 3.00. The van der Waals surface area contributed by atoms with Crippen molar-refractivity contribution in [3.63, 3.8) is 0 Å². The Kier molecular flexibility index (Phi) is 3.92. The predicted molar refractivity (Wildman–Crippen MR) is 94.1 cm³/mol. The Morgan fingerprint density at radius 3 is 1.82 bits per heavy atom. The molecular formula is C21H25N. The van der Waals surface area contributed by atoms with E-state index in [1.807, 2.05) is 0 Å². The molecule has 0 heterocycles. The average molecular weight is 291 g/mol. The molecule has 0 aliphatic heterocycles. The predicted octanol–water partition coefficient (Wildman–Crippen LogP) is 4.69. The van der Waals surface area contributed by atoms with Crippen LogP contribution < -0.4 is 5.32 Å². The van der Waals surface area contributed by atoms with Crippen LogP contribution in [0.25, 0.3) is 0 Å². The van der Waals surface area contributed by atoms with E-state index in [-0.39, 0.29) is 11.0 Å². The Bertz CT molecular complexity index is 595. The lowest BCUT2D eigenvalue weighted by molar-refractivity contribution is 0.371. The lowest BCUT2D eigenvalue weighted by Crippen LogP contribution is -2.43. The molecule has 1 aliphatic rings. The van der Waals surface area contributed by atoms with E-state index in [1.54, 1.807) is 0 Å². The molecule has 1 aliphatic carbocycles. The van der Waals surface area contributed by atoms with Gasteiger partial charge in [0.15, 0.2) is 0 Å². The van der Waals surface area contributed by atoms with Gasteiger partial charge in [-0.3, -0.25) is 0 Å². The molecule has 0 aromatic heterocycles. The summed E-state index contributed by atoms with van der Waals surface area (Å²) >= 11 is 0. The van der Waals surface area contributed by atoms with E-state index >= 15 is 0 Å². The van der Waals surface area contributed by atoms with Gasteiger partial charge < -0.3 is 5.32 Å². The highest BCUT2D eigenvalue weighted by Crippen LogP contribution is 2.42. The summed E-state index contributed by atoms with van der Waals surface area (Å²) in [6, 6.07) is 22.1. The zero-order chi connectivity index (χ0) is 15.6. The molecule has 1 atom stereocenters.